The van der Waals surface area contributed by atoms with E-state index in [-0.39, 0.29) is 23.5 Å². The minimum absolute atomic E-state index is 0.240. The lowest BCUT2D eigenvalue weighted by atomic mass is 9.99. The van der Waals surface area contributed by atoms with Crippen LogP contribution >= 0.6 is 11.3 Å². The maximum atomic E-state index is 13.6. The van der Waals surface area contributed by atoms with E-state index in [4.69, 9.17) is 4.42 Å². The number of hydrogen-bond acceptors (Lipinski definition) is 5. The van der Waals surface area contributed by atoms with Crippen LogP contribution in [-0.4, -0.2) is 10.9 Å². The largest absolute Gasteiger partial charge is 0.459 e. The average molecular weight is 436 g/mol. The van der Waals surface area contributed by atoms with Gasteiger partial charge >= 0.3 is 0 Å². The number of aryl methyl sites for hydroxylation is 2. The van der Waals surface area contributed by atoms with Crippen LogP contribution in [0.15, 0.2) is 71.5 Å². The zero-order valence-corrected chi connectivity index (χ0v) is 18.0. The maximum Gasteiger partial charge on any atom is 0.291 e. The lowest BCUT2D eigenvalue weighted by Crippen LogP contribution is -2.17. The molecule has 2 N–H and O–H groups in total. The Labute approximate surface area is 184 Å². The van der Waals surface area contributed by atoms with E-state index in [1.807, 2.05) is 19.1 Å². The number of carbonyl (C=O) groups is 1. The topological polar surface area (TPSA) is 67.2 Å². The van der Waals surface area contributed by atoms with E-state index < -0.39 is 0 Å². The molecule has 0 aliphatic rings. The Hall–Kier alpha value is -3.45. The van der Waals surface area contributed by atoms with Gasteiger partial charge in [0.2, 0.25) is 0 Å². The van der Waals surface area contributed by atoms with Crippen LogP contribution in [0.4, 0.5) is 15.2 Å². The molecule has 5 nitrogen and oxygen atoms in total. The molecule has 0 saturated heterocycles. The number of furan rings is 1. The van der Waals surface area contributed by atoms with Gasteiger partial charge in [0, 0.05) is 16.6 Å². The van der Waals surface area contributed by atoms with E-state index in [0.717, 1.165) is 28.0 Å². The second kappa shape index (κ2) is 9.14. The number of thiophene rings is 1. The number of amides is 1. The molecule has 0 bridgehead atoms. The fourth-order valence-corrected chi connectivity index (χ4v) is 4.31. The van der Waals surface area contributed by atoms with Gasteiger partial charge in [0.15, 0.2) is 5.76 Å². The predicted molar refractivity (Wildman–Crippen MR) is 121 cm³/mol. The summed E-state index contributed by atoms with van der Waals surface area (Å²) in [7, 11) is 0. The Morgan fingerprint density at radius 2 is 2.00 bits per heavy atom. The number of nitrogens with zero attached hydrogens (tertiary/aromatic N) is 1. The standard InChI is InChI=1S/C24H22FN3O2S/c1-3-18-14-19(24(31-18)28-23(29)20-5-4-12-30-20)22(16-6-8-17(25)9-7-16)27-21-13-15(2)10-11-26-21/h4-14,22H,3H2,1-2H3,(H,26,27)(H,28,29)/t22-/m0/s1. The average Bonchev–Trinajstić information content (AvgIpc) is 3.43. The predicted octanol–water partition coefficient (Wildman–Crippen LogP) is 6.20. The molecule has 0 spiro atoms. The van der Waals surface area contributed by atoms with Crippen molar-refractivity contribution >= 4 is 28.1 Å². The SMILES string of the molecule is CCc1cc([C@@H](Nc2cc(C)ccn2)c2ccc(F)cc2)c(NC(=O)c2ccco2)s1. The highest BCUT2D eigenvalue weighted by atomic mass is 32.1. The number of halogens is 1. The Balaban J connectivity index is 1.75. The van der Waals surface area contributed by atoms with Crippen molar-refractivity contribution in [3.8, 4) is 0 Å². The third-order valence-corrected chi connectivity index (χ3v) is 6.06. The number of anilines is 2. The molecule has 158 valence electrons. The van der Waals surface area contributed by atoms with E-state index in [0.29, 0.717) is 10.8 Å². The summed E-state index contributed by atoms with van der Waals surface area (Å²) in [5, 5.41) is 7.15. The summed E-state index contributed by atoms with van der Waals surface area (Å²) in [6.45, 7) is 4.06. The van der Waals surface area contributed by atoms with Gasteiger partial charge in [-0.1, -0.05) is 19.1 Å². The Morgan fingerprint density at radius 3 is 2.68 bits per heavy atom. The second-order valence-corrected chi connectivity index (χ2v) is 8.27. The van der Waals surface area contributed by atoms with E-state index in [1.165, 1.54) is 29.7 Å². The molecule has 1 aromatic carbocycles. The Morgan fingerprint density at radius 1 is 1.19 bits per heavy atom. The van der Waals surface area contributed by atoms with Crippen LogP contribution in [0.5, 0.6) is 0 Å². The lowest BCUT2D eigenvalue weighted by molar-refractivity contribution is 0.0997. The Kier molecular flexibility index (Phi) is 6.13. The molecule has 0 aliphatic heterocycles. The van der Waals surface area contributed by atoms with Gasteiger partial charge in [0.05, 0.1) is 12.3 Å². The van der Waals surface area contributed by atoms with Crippen molar-refractivity contribution in [1.29, 1.82) is 0 Å². The third-order valence-electron chi connectivity index (χ3n) is 4.85. The van der Waals surface area contributed by atoms with Gasteiger partial charge in [0.1, 0.15) is 16.6 Å². The van der Waals surface area contributed by atoms with Gasteiger partial charge in [0.25, 0.3) is 5.91 Å². The van der Waals surface area contributed by atoms with Crippen LogP contribution in [0.1, 0.15) is 45.1 Å². The van der Waals surface area contributed by atoms with Crippen LogP contribution in [0, 0.1) is 12.7 Å². The molecular weight excluding hydrogens is 413 g/mol. The number of aromatic nitrogens is 1. The van der Waals surface area contributed by atoms with Gasteiger partial charge in [-0.05, 0) is 66.9 Å². The van der Waals surface area contributed by atoms with Crippen molar-refractivity contribution in [1.82, 2.24) is 4.98 Å². The molecule has 0 fully saturated rings. The lowest BCUT2D eigenvalue weighted by Gasteiger charge is -2.21. The number of benzene rings is 1. The molecule has 4 rings (SSSR count). The van der Waals surface area contributed by atoms with Crippen LogP contribution < -0.4 is 10.6 Å². The van der Waals surface area contributed by atoms with Crippen LogP contribution in [-0.2, 0) is 6.42 Å². The van der Waals surface area contributed by atoms with Gasteiger partial charge in [-0.15, -0.1) is 11.3 Å². The molecule has 1 amide bonds. The van der Waals surface area contributed by atoms with Gasteiger partial charge in [-0.25, -0.2) is 9.37 Å². The molecule has 0 unspecified atom stereocenters. The number of pyridine rings is 1. The first-order valence-corrected chi connectivity index (χ1v) is 10.8. The number of rotatable bonds is 7. The van der Waals surface area contributed by atoms with E-state index in [9.17, 15) is 9.18 Å². The molecule has 31 heavy (non-hydrogen) atoms. The summed E-state index contributed by atoms with van der Waals surface area (Å²) in [6, 6.07) is 15.2. The van der Waals surface area contributed by atoms with E-state index in [1.54, 1.807) is 30.5 Å². The second-order valence-electron chi connectivity index (χ2n) is 7.13. The van der Waals surface area contributed by atoms with Crippen molar-refractivity contribution < 1.29 is 13.6 Å². The highest BCUT2D eigenvalue weighted by molar-refractivity contribution is 7.16. The summed E-state index contributed by atoms with van der Waals surface area (Å²) < 4.78 is 18.8. The van der Waals surface area contributed by atoms with E-state index >= 15 is 0 Å². The monoisotopic (exact) mass is 435 g/mol. The number of nitrogens with one attached hydrogen (secondary N) is 2. The molecular formula is C24H22FN3O2S. The fourth-order valence-electron chi connectivity index (χ4n) is 3.28. The Bertz CT molecular complexity index is 1170. The summed E-state index contributed by atoms with van der Waals surface area (Å²) in [5.74, 6) is 0.315. The molecule has 3 aromatic heterocycles. The highest BCUT2D eigenvalue weighted by Gasteiger charge is 2.23. The third kappa shape index (κ3) is 4.83. The number of carbonyl (C=O) groups excluding carboxylic acids is 1. The van der Waals surface area contributed by atoms with Crippen LogP contribution in [0.2, 0.25) is 0 Å². The van der Waals surface area contributed by atoms with Gasteiger partial charge in [-0.3, -0.25) is 4.79 Å². The first-order chi connectivity index (χ1) is 15.0. The first kappa shape index (κ1) is 20.8. The maximum absolute atomic E-state index is 13.6. The minimum atomic E-state index is -0.335. The minimum Gasteiger partial charge on any atom is -0.459 e. The molecule has 1 atom stereocenters. The van der Waals surface area contributed by atoms with Crippen molar-refractivity contribution in [3.63, 3.8) is 0 Å². The smallest absolute Gasteiger partial charge is 0.291 e. The normalized spacial score (nSPS) is 11.8. The summed E-state index contributed by atoms with van der Waals surface area (Å²) in [5.41, 5.74) is 2.82. The molecule has 7 heteroatoms. The molecule has 0 saturated carbocycles. The summed E-state index contributed by atoms with van der Waals surface area (Å²) >= 11 is 1.52. The van der Waals surface area contributed by atoms with Crippen LogP contribution in [0.3, 0.4) is 0 Å². The van der Waals surface area contributed by atoms with E-state index in [2.05, 4.69) is 28.6 Å². The fraction of sp³-hybridized carbons (Fsp3) is 0.167. The zero-order valence-electron chi connectivity index (χ0n) is 17.2. The first-order valence-electron chi connectivity index (χ1n) is 9.95. The molecule has 3 heterocycles. The van der Waals surface area contributed by atoms with Crippen LogP contribution in [0.25, 0.3) is 0 Å². The highest BCUT2D eigenvalue weighted by Crippen LogP contribution is 2.38. The van der Waals surface area contributed by atoms with Gasteiger partial charge in [-0.2, -0.15) is 0 Å². The van der Waals surface area contributed by atoms with Crippen molar-refractivity contribution in [2.45, 2.75) is 26.3 Å². The van der Waals surface area contributed by atoms with Crippen molar-refractivity contribution in [2.75, 3.05) is 10.6 Å². The quantitative estimate of drug-likeness (QED) is 0.363. The zero-order chi connectivity index (χ0) is 21.8. The summed E-state index contributed by atoms with van der Waals surface area (Å²) in [4.78, 5) is 18.2. The number of hydrogen-bond donors (Lipinski definition) is 2. The molecule has 0 aliphatic carbocycles. The van der Waals surface area contributed by atoms with Crippen molar-refractivity contribution in [2.24, 2.45) is 0 Å². The van der Waals surface area contributed by atoms with Crippen molar-refractivity contribution in [3.05, 3.63) is 100 Å². The molecule has 4 aromatic rings. The molecule has 0 radical (unpaired) electrons. The van der Waals surface area contributed by atoms with Gasteiger partial charge < -0.3 is 15.1 Å². The summed E-state index contributed by atoms with van der Waals surface area (Å²) in [6.07, 6.45) is 4.03.